The molecular weight excluding hydrogens is 292 g/mol. The monoisotopic (exact) mass is 303 g/mol. The molecule has 0 unspecified atom stereocenters. The molecule has 0 saturated carbocycles. The molecule has 114 valence electrons. The second-order valence-corrected chi connectivity index (χ2v) is 4.07. The lowest BCUT2D eigenvalue weighted by atomic mass is 10.1. The summed E-state index contributed by atoms with van der Waals surface area (Å²) in [5.41, 5.74) is 5.59. The Hall–Kier alpha value is -2.40. The van der Waals surface area contributed by atoms with Gasteiger partial charge in [0.25, 0.3) is 0 Å². The first-order chi connectivity index (χ1) is 9.90. The van der Waals surface area contributed by atoms with E-state index < -0.39 is 31.0 Å². The fourth-order valence-corrected chi connectivity index (χ4v) is 1.59. The lowest BCUT2D eigenvalue weighted by Crippen LogP contribution is -2.51. The summed E-state index contributed by atoms with van der Waals surface area (Å²) in [6.45, 7) is -1.03. The van der Waals surface area contributed by atoms with Crippen molar-refractivity contribution in [3.05, 3.63) is 12.7 Å². The second kappa shape index (κ2) is 5.54. The summed E-state index contributed by atoms with van der Waals surface area (Å²) in [5, 5.41) is 18.2. The van der Waals surface area contributed by atoms with E-state index in [4.69, 9.17) is 15.7 Å². The van der Waals surface area contributed by atoms with E-state index in [2.05, 4.69) is 15.0 Å². The Morgan fingerprint density at radius 3 is 2.81 bits per heavy atom. The summed E-state index contributed by atoms with van der Waals surface area (Å²) < 4.78 is 27.7. The Morgan fingerprint density at radius 1 is 1.48 bits per heavy atom. The molecule has 2 atom stereocenters. The number of aliphatic hydroxyl groups is 2. The van der Waals surface area contributed by atoms with Crippen LogP contribution in [-0.4, -0.2) is 60.9 Å². The number of nitrogens with zero attached hydrogens (tertiary/aromatic N) is 4. The van der Waals surface area contributed by atoms with Crippen molar-refractivity contribution in [2.45, 2.75) is 18.1 Å². The summed E-state index contributed by atoms with van der Waals surface area (Å²) in [5.74, 6) is -4.03. The van der Waals surface area contributed by atoms with Crippen LogP contribution in [-0.2, 0) is 4.79 Å². The van der Waals surface area contributed by atoms with Crippen LogP contribution in [0.4, 0.5) is 14.6 Å². The predicted molar refractivity (Wildman–Crippen MR) is 64.2 cm³/mol. The molecular formula is C10H11F2N5O4. The number of alkyl halides is 2. The molecule has 0 radical (unpaired) electrons. The van der Waals surface area contributed by atoms with Gasteiger partial charge in [0.15, 0.2) is 17.6 Å². The van der Waals surface area contributed by atoms with Gasteiger partial charge >= 0.3 is 5.92 Å². The molecule has 0 amide bonds. The van der Waals surface area contributed by atoms with Crippen LogP contribution in [0.15, 0.2) is 12.7 Å². The number of aliphatic hydroxyl groups excluding tert-OH is 2. The minimum absolute atomic E-state index is 0.00348. The van der Waals surface area contributed by atoms with E-state index in [1.165, 1.54) is 0 Å². The summed E-state index contributed by atoms with van der Waals surface area (Å²) in [4.78, 5) is 26.5. The first-order valence-corrected chi connectivity index (χ1v) is 5.64. The smallest absolute Gasteiger partial charge is 0.343 e. The third kappa shape index (κ3) is 2.73. The van der Waals surface area contributed by atoms with Crippen molar-refractivity contribution in [3.8, 4) is 0 Å². The highest BCUT2D eigenvalue weighted by molar-refractivity contribution is 5.80. The van der Waals surface area contributed by atoms with Crippen molar-refractivity contribution in [1.29, 1.82) is 0 Å². The number of hydrogen-bond acceptors (Lipinski definition) is 8. The summed E-state index contributed by atoms with van der Waals surface area (Å²) in [7, 11) is 0. The van der Waals surface area contributed by atoms with Crippen molar-refractivity contribution in [2.24, 2.45) is 0 Å². The van der Waals surface area contributed by atoms with Crippen molar-refractivity contribution < 1.29 is 28.6 Å². The van der Waals surface area contributed by atoms with Gasteiger partial charge in [0.2, 0.25) is 11.8 Å². The molecule has 0 aliphatic carbocycles. The molecule has 0 aliphatic rings. The van der Waals surface area contributed by atoms with E-state index in [9.17, 15) is 18.7 Å². The number of carbonyl (C=O) groups excluding carboxylic acids is 1. The van der Waals surface area contributed by atoms with Gasteiger partial charge < -0.3 is 20.8 Å². The fourth-order valence-electron chi connectivity index (χ4n) is 1.59. The van der Waals surface area contributed by atoms with Crippen LogP contribution < -0.4 is 10.6 Å². The van der Waals surface area contributed by atoms with Crippen molar-refractivity contribution in [1.82, 2.24) is 19.7 Å². The lowest BCUT2D eigenvalue weighted by molar-refractivity contribution is -0.181. The first kappa shape index (κ1) is 15.0. The van der Waals surface area contributed by atoms with Gasteiger partial charge in [-0.2, -0.15) is 13.5 Å². The molecule has 21 heavy (non-hydrogen) atoms. The van der Waals surface area contributed by atoms with Gasteiger partial charge in [-0.1, -0.05) is 0 Å². The maximum absolute atomic E-state index is 13.5. The Bertz CT molecular complexity index is 649. The molecule has 0 aromatic carbocycles. The fraction of sp³-hybridized carbons (Fsp3) is 0.400. The Balaban J connectivity index is 2.39. The number of rotatable bonds is 6. The van der Waals surface area contributed by atoms with E-state index in [0.717, 1.165) is 12.7 Å². The van der Waals surface area contributed by atoms with Gasteiger partial charge in [-0.25, -0.2) is 15.0 Å². The molecule has 0 saturated heterocycles. The molecule has 9 nitrogen and oxygen atoms in total. The van der Waals surface area contributed by atoms with E-state index in [-0.39, 0.29) is 17.0 Å². The Labute approximate surface area is 116 Å². The predicted octanol–water partition coefficient (Wildman–Crippen LogP) is -1.61. The number of hydrogen-bond donors (Lipinski definition) is 3. The summed E-state index contributed by atoms with van der Waals surface area (Å²) in [6.07, 6.45) is -2.96. The van der Waals surface area contributed by atoms with Crippen molar-refractivity contribution in [2.75, 3.05) is 12.3 Å². The molecule has 4 N–H and O–H groups in total. The van der Waals surface area contributed by atoms with Crippen LogP contribution in [0.5, 0.6) is 0 Å². The molecule has 2 aromatic rings. The molecule has 0 bridgehead atoms. The van der Waals surface area contributed by atoms with Crippen molar-refractivity contribution in [3.63, 3.8) is 0 Å². The zero-order valence-electron chi connectivity index (χ0n) is 10.4. The number of imidazole rings is 1. The van der Waals surface area contributed by atoms with Gasteiger partial charge in [0, 0.05) is 0 Å². The molecule has 2 aromatic heterocycles. The van der Waals surface area contributed by atoms with Crippen LogP contribution in [0.2, 0.25) is 0 Å². The largest absolute Gasteiger partial charge is 0.398 e. The Morgan fingerprint density at radius 2 is 2.19 bits per heavy atom. The number of anilines is 1. The van der Waals surface area contributed by atoms with E-state index in [1.807, 2.05) is 0 Å². The lowest BCUT2D eigenvalue weighted by Gasteiger charge is -2.26. The average molecular weight is 303 g/mol. The average Bonchev–Trinajstić information content (AvgIpc) is 2.88. The Kier molecular flexibility index (Phi) is 3.95. The highest BCUT2D eigenvalue weighted by Gasteiger charge is 2.47. The molecule has 2 rings (SSSR count). The van der Waals surface area contributed by atoms with Crippen LogP contribution in [0.3, 0.4) is 0 Å². The number of halogens is 2. The van der Waals surface area contributed by atoms with Crippen LogP contribution >= 0.6 is 0 Å². The molecule has 0 fully saturated rings. The third-order valence-electron chi connectivity index (χ3n) is 2.63. The molecule has 2 heterocycles. The maximum atomic E-state index is 13.5. The first-order valence-electron chi connectivity index (χ1n) is 5.64. The number of aldehydes is 1. The van der Waals surface area contributed by atoms with Gasteiger partial charge in [0.05, 0.1) is 6.61 Å². The highest BCUT2D eigenvalue weighted by Crippen LogP contribution is 2.21. The quantitative estimate of drug-likeness (QED) is 0.542. The molecule has 11 heteroatoms. The number of fused-ring (bicyclic) bond motifs is 1. The normalized spacial score (nSPS) is 14.9. The number of carbonyl (C=O) groups is 1. The number of aromatic nitrogens is 4. The topological polar surface area (TPSA) is 136 Å². The third-order valence-corrected chi connectivity index (χ3v) is 2.63. The van der Waals surface area contributed by atoms with Gasteiger partial charge in [0.1, 0.15) is 18.8 Å². The minimum Gasteiger partial charge on any atom is -0.398 e. The highest BCUT2D eigenvalue weighted by atomic mass is 19.3. The maximum Gasteiger partial charge on any atom is 0.343 e. The minimum atomic E-state index is -4.03. The van der Waals surface area contributed by atoms with Crippen LogP contribution in [0.25, 0.3) is 11.2 Å². The van der Waals surface area contributed by atoms with Crippen molar-refractivity contribution >= 4 is 23.3 Å². The molecule has 0 spiro atoms. The molecule has 0 aliphatic heterocycles. The summed E-state index contributed by atoms with van der Waals surface area (Å²) in [6, 6.07) is 0. The van der Waals surface area contributed by atoms with Gasteiger partial charge in [-0.05, 0) is 0 Å². The van der Waals surface area contributed by atoms with E-state index >= 15 is 0 Å². The number of nitrogens with two attached hydrogens (primary N) is 1. The van der Waals surface area contributed by atoms with Crippen LogP contribution in [0, 0.1) is 0 Å². The zero-order chi connectivity index (χ0) is 15.6. The van der Waals surface area contributed by atoms with E-state index in [1.54, 1.807) is 0 Å². The second-order valence-electron chi connectivity index (χ2n) is 4.07. The standard InChI is InChI=1S/C10H11F2N5O4/c11-10(12,2-19)7(5(20)1-18)21-17-4-16-6-8(13)14-3-15-9(6)17/h2-5,7,18,20H,1H2,(H2,13,14,15)/t5-,7-/m1/s1. The van der Waals surface area contributed by atoms with Gasteiger partial charge in [-0.3, -0.25) is 4.79 Å². The van der Waals surface area contributed by atoms with Crippen LogP contribution in [0.1, 0.15) is 0 Å². The number of nitrogen functional groups attached to an aromatic ring is 1. The zero-order valence-corrected chi connectivity index (χ0v) is 10.4. The van der Waals surface area contributed by atoms with Gasteiger partial charge in [-0.15, -0.1) is 0 Å². The van der Waals surface area contributed by atoms with E-state index in [0.29, 0.717) is 4.73 Å². The SMILES string of the molecule is Nc1ncnc2c1ncn2O[C@H]([C@H](O)CO)C(F)(F)C=O. The summed E-state index contributed by atoms with van der Waals surface area (Å²) >= 11 is 0.